The fraction of sp³-hybridized carbons (Fsp3) is 0.417. The van der Waals surface area contributed by atoms with Crippen LogP contribution in [0.5, 0.6) is 0 Å². The SMILES string of the molecule is CC(C)OCC(=O)c1cccc(C(F)(F)F)c1. The van der Waals surface area contributed by atoms with Crippen LogP contribution in [0.15, 0.2) is 24.3 Å². The zero-order chi connectivity index (χ0) is 13.1. The van der Waals surface area contributed by atoms with Crippen molar-refractivity contribution in [2.75, 3.05) is 6.61 Å². The van der Waals surface area contributed by atoms with Gasteiger partial charge in [-0.1, -0.05) is 12.1 Å². The van der Waals surface area contributed by atoms with Crippen LogP contribution in [-0.2, 0) is 10.9 Å². The lowest BCUT2D eigenvalue weighted by Crippen LogP contribution is -2.14. The van der Waals surface area contributed by atoms with E-state index in [2.05, 4.69) is 0 Å². The van der Waals surface area contributed by atoms with Crippen LogP contribution in [0.1, 0.15) is 29.8 Å². The van der Waals surface area contributed by atoms with Crippen molar-refractivity contribution in [3.8, 4) is 0 Å². The number of ketones is 1. The van der Waals surface area contributed by atoms with Gasteiger partial charge in [0.1, 0.15) is 6.61 Å². The second-order valence-electron chi connectivity index (χ2n) is 3.86. The van der Waals surface area contributed by atoms with Crippen LogP contribution < -0.4 is 0 Å². The number of alkyl halides is 3. The van der Waals surface area contributed by atoms with Gasteiger partial charge in [-0.2, -0.15) is 13.2 Å². The molecular weight excluding hydrogens is 233 g/mol. The zero-order valence-electron chi connectivity index (χ0n) is 9.54. The highest BCUT2D eigenvalue weighted by Crippen LogP contribution is 2.29. The van der Waals surface area contributed by atoms with Gasteiger partial charge in [0.15, 0.2) is 5.78 Å². The normalized spacial score (nSPS) is 11.9. The fourth-order valence-corrected chi connectivity index (χ4v) is 1.19. The predicted molar refractivity (Wildman–Crippen MR) is 56.9 cm³/mol. The molecule has 1 aromatic carbocycles. The van der Waals surface area contributed by atoms with Gasteiger partial charge in [-0.05, 0) is 26.0 Å². The summed E-state index contributed by atoms with van der Waals surface area (Å²) in [6.07, 6.45) is -4.57. The van der Waals surface area contributed by atoms with Gasteiger partial charge in [0, 0.05) is 5.56 Å². The third kappa shape index (κ3) is 4.19. The Morgan fingerprint density at radius 3 is 2.53 bits per heavy atom. The molecule has 0 spiro atoms. The van der Waals surface area contributed by atoms with E-state index in [9.17, 15) is 18.0 Å². The Morgan fingerprint density at radius 1 is 1.35 bits per heavy atom. The molecule has 1 rings (SSSR count). The third-order valence-electron chi connectivity index (χ3n) is 2.06. The molecule has 0 bridgehead atoms. The van der Waals surface area contributed by atoms with E-state index in [1.54, 1.807) is 13.8 Å². The first-order chi connectivity index (χ1) is 7.80. The standard InChI is InChI=1S/C12H13F3O2/c1-8(2)17-7-11(16)9-4-3-5-10(6-9)12(13,14)15/h3-6,8H,7H2,1-2H3. The summed E-state index contributed by atoms with van der Waals surface area (Å²) in [6, 6.07) is 4.33. The summed E-state index contributed by atoms with van der Waals surface area (Å²) in [6.45, 7) is 3.29. The molecule has 0 unspecified atom stereocenters. The van der Waals surface area contributed by atoms with E-state index in [1.807, 2.05) is 0 Å². The lowest BCUT2D eigenvalue weighted by atomic mass is 10.1. The average molecular weight is 246 g/mol. The summed E-state index contributed by atoms with van der Waals surface area (Å²) in [4.78, 5) is 11.5. The third-order valence-corrected chi connectivity index (χ3v) is 2.06. The molecule has 0 aliphatic rings. The minimum atomic E-state index is -4.44. The molecule has 0 fully saturated rings. The quantitative estimate of drug-likeness (QED) is 0.762. The van der Waals surface area contributed by atoms with E-state index in [-0.39, 0.29) is 18.3 Å². The molecule has 0 radical (unpaired) electrons. The van der Waals surface area contributed by atoms with Crippen molar-refractivity contribution >= 4 is 5.78 Å². The molecule has 94 valence electrons. The van der Waals surface area contributed by atoms with Crippen LogP contribution in [0.25, 0.3) is 0 Å². The molecule has 0 N–H and O–H groups in total. The minimum Gasteiger partial charge on any atom is -0.371 e. The highest BCUT2D eigenvalue weighted by atomic mass is 19.4. The molecule has 17 heavy (non-hydrogen) atoms. The number of hydrogen-bond acceptors (Lipinski definition) is 2. The lowest BCUT2D eigenvalue weighted by Gasteiger charge is -2.09. The Kier molecular flexibility index (Phi) is 4.28. The Hall–Kier alpha value is -1.36. The number of carbonyl (C=O) groups excluding carboxylic acids is 1. The fourth-order valence-electron chi connectivity index (χ4n) is 1.19. The number of hydrogen-bond donors (Lipinski definition) is 0. The van der Waals surface area contributed by atoms with E-state index in [1.165, 1.54) is 12.1 Å². The number of halogens is 3. The van der Waals surface area contributed by atoms with E-state index in [0.29, 0.717) is 0 Å². The summed E-state index contributed by atoms with van der Waals surface area (Å²) in [5.74, 6) is -0.454. The largest absolute Gasteiger partial charge is 0.416 e. The van der Waals surface area contributed by atoms with Crippen molar-refractivity contribution in [2.24, 2.45) is 0 Å². The molecule has 0 heterocycles. The molecule has 2 nitrogen and oxygen atoms in total. The van der Waals surface area contributed by atoms with Crippen molar-refractivity contribution in [1.29, 1.82) is 0 Å². The lowest BCUT2D eigenvalue weighted by molar-refractivity contribution is -0.137. The molecule has 0 amide bonds. The molecule has 0 saturated heterocycles. The van der Waals surface area contributed by atoms with Gasteiger partial charge in [0.25, 0.3) is 0 Å². The molecule has 5 heteroatoms. The van der Waals surface area contributed by atoms with Crippen molar-refractivity contribution in [2.45, 2.75) is 26.1 Å². The van der Waals surface area contributed by atoms with Crippen molar-refractivity contribution in [3.63, 3.8) is 0 Å². The molecule has 1 aromatic rings. The van der Waals surface area contributed by atoms with Gasteiger partial charge in [-0.3, -0.25) is 4.79 Å². The van der Waals surface area contributed by atoms with Crippen LogP contribution in [0.4, 0.5) is 13.2 Å². The maximum atomic E-state index is 12.4. The van der Waals surface area contributed by atoms with Gasteiger partial charge >= 0.3 is 6.18 Å². The van der Waals surface area contributed by atoms with Crippen molar-refractivity contribution < 1.29 is 22.7 Å². The van der Waals surface area contributed by atoms with Gasteiger partial charge in [0.05, 0.1) is 11.7 Å². The second-order valence-corrected chi connectivity index (χ2v) is 3.86. The number of rotatable bonds is 4. The summed E-state index contributed by atoms with van der Waals surface area (Å²) in [7, 11) is 0. The smallest absolute Gasteiger partial charge is 0.371 e. The van der Waals surface area contributed by atoms with Crippen LogP contribution in [0.2, 0.25) is 0 Å². The van der Waals surface area contributed by atoms with Crippen LogP contribution in [0.3, 0.4) is 0 Å². The monoisotopic (exact) mass is 246 g/mol. The number of Topliss-reactive ketones (excluding diaryl/α,β-unsaturated/α-hetero) is 1. The molecule has 0 aliphatic heterocycles. The first-order valence-electron chi connectivity index (χ1n) is 5.13. The summed E-state index contributed by atoms with van der Waals surface area (Å²) in [5, 5.41) is 0. The minimum absolute atomic E-state index is 0.0143. The summed E-state index contributed by atoms with van der Waals surface area (Å²) >= 11 is 0. The summed E-state index contributed by atoms with van der Waals surface area (Å²) < 4.78 is 42.3. The van der Waals surface area contributed by atoms with E-state index in [4.69, 9.17) is 4.74 Å². The highest BCUT2D eigenvalue weighted by molar-refractivity contribution is 5.97. The number of benzene rings is 1. The van der Waals surface area contributed by atoms with Crippen molar-refractivity contribution in [1.82, 2.24) is 0 Å². The van der Waals surface area contributed by atoms with Crippen molar-refractivity contribution in [3.05, 3.63) is 35.4 Å². The second kappa shape index (κ2) is 5.31. The molecule has 0 atom stereocenters. The Labute approximate surface area is 97.4 Å². The van der Waals surface area contributed by atoms with E-state index >= 15 is 0 Å². The van der Waals surface area contributed by atoms with E-state index < -0.39 is 17.5 Å². The number of carbonyl (C=O) groups is 1. The van der Waals surface area contributed by atoms with Gasteiger partial charge in [0.2, 0.25) is 0 Å². The van der Waals surface area contributed by atoms with Crippen LogP contribution in [0, 0.1) is 0 Å². The Bertz CT molecular complexity index is 397. The van der Waals surface area contributed by atoms with Gasteiger partial charge in [-0.15, -0.1) is 0 Å². The molecule has 0 aromatic heterocycles. The summed E-state index contributed by atoms with van der Waals surface area (Å²) in [5.41, 5.74) is -0.812. The van der Waals surface area contributed by atoms with E-state index in [0.717, 1.165) is 12.1 Å². The zero-order valence-corrected chi connectivity index (χ0v) is 9.54. The molecular formula is C12H13F3O2. The van der Waals surface area contributed by atoms with Gasteiger partial charge < -0.3 is 4.74 Å². The van der Waals surface area contributed by atoms with Crippen LogP contribution >= 0.6 is 0 Å². The van der Waals surface area contributed by atoms with Crippen LogP contribution in [-0.4, -0.2) is 18.5 Å². The predicted octanol–water partition coefficient (Wildman–Crippen LogP) is 3.31. The Balaban J connectivity index is 2.81. The number of ether oxygens (including phenoxy) is 1. The maximum absolute atomic E-state index is 12.4. The van der Waals surface area contributed by atoms with Gasteiger partial charge in [-0.25, -0.2) is 0 Å². The average Bonchev–Trinajstić information content (AvgIpc) is 2.25. The topological polar surface area (TPSA) is 26.3 Å². The molecule has 0 aliphatic carbocycles. The first kappa shape index (κ1) is 13.7. The first-order valence-corrected chi connectivity index (χ1v) is 5.13. The maximum Gasteiger partial charge on any atom is 0.416 e. The Morgan fingerprint density at radius 2 is 2.00 bits per heavy atom. The molecule has 0 saturated carbocycles. The highest BCUT2D eigenvalue weighted by Gasteiger charge is 2.30.